The fraction of sp³-hybridized carbons (Fsp3) is 0.280. The molecule has 8 heteroatoms. The number of nitrogens with one attached hydrogen (secondary N) is 2. The first-order valence-electron chi connectivity index (χ1n) is 11.2. The lowest BCUT2D eigenvalue weighted by Crippen LogP contribution is -2.29. The number of halogens is 1. The normalized spacial score (nSPS) is 15.8. The van der Waals surface area contributed by atoms with Gasteiger partial charge in [0, 0.05) is 36.6 Å². The van der Waals surface area contributed by atoms with E-state index in [4.69, 9.17) is 4.98 Å². The maximum absolute atomic E-state index is 15.9. The molecule has 0 aliphatic carbocycles. The Balaban J connectivity index is 1.68. The lowest BCUT2D eigenvalue weighted by Gasteiger charge is -2.28. The van der Waals surface area contributed by atoms with Gasteiger partial charge in [-0.05, 0) is 44.7 Å². The molecule has 0 atom stereocenters. The third kappa shape index (κ3) is 3.71. The molecule has 5 heterocycles. The molecule has 4 aromatic heterocycles. The summed E-state index contributed by atoms with van der Waals surface area (Å²) in [5.74, 6) is 0.0271. The van der Waals surface area contributed by atoms with E-state index in [1.807, 2.05) is 26.1 Å². The highest BCUT2D eigenvalue weighted by molar-refractivity contribution is 5.95. The van der Waals surface area contributed by atoms with Gasteiger partial charge in [-0.15, -0.1) is 0 Å². The van der Waals surface area contributed by atoms with Crippen molar-refractivity contribution in [2.75, 3.05) is 18.0 Å². The van der Waals surface area contributed by atoms with Crippen LogP contribution in [0.5, 0.6) is 0 Å². The van der Waals surface area contributed by atoms with Crippen molar-refractivity contribution in [3.8, 4) is 11.5 Å². The molecule has 168 valence electrons. The van der Waals surface area contributed by atoms with Crippen LogP contribution in [0.3, 0.4) is 0 Å². The van der Waals surface area contributed by atoms with E-state index in [1.165, 1.54) is 6.42 Å². The summed E-state index contributed by atoms with van der Waals surface area (Å²) in [6.07, 6.45) is 12.3. The number of aromatic nitrogens is 6. The fourth-order valence-corrected chi connectivity index (χ4v) is 4.40. The Labute approximate surface area is 190 Å². The number of hydrogen-bond donors (Lipinski definition) is 2. The van der Waals surface area contributed by atoms with Crippen LogP contribution in [0, 0.1) is 6.92 Å². The van der Waals surface area contributed by atoms with Crippen LogP contribution in [0.25, 0.3) is 40.0 Å². The molecule has 1 saturated heterocycles. The highest BCUT2D eigenvalue weighted by Gasteiger charge is 2.20. The van der Waals surface area contributed by atoms with Crippen molar-refractivity contribution in [1.29, 1.82) is 0 Å². The van der Waals surface area contributed by atoms with Crippen LogP contribution in [0.2, 0.25) is 0 Å². The van der Waals surface area contributed by atoms with Gasteiger partial charge in [-0.1, -0.05) is 12.7 Å². The Morgan fingerprint density at radius 3 is 2.73 bits per heavy atom. The first-order chi connectivity index (χ1) is 16.1. The topological polar surface area (TPSA) is 86.4 Å². The summed E-state index contributed by atoms with van der Waals surface area (Å²) in [7, 11) is 0. The number of hydrogen-bond acceptors (Lipinski definition) is 5. The molecule has 1 aliphatic heterocycles. The van der Waals surface area contributed by atoms with Crippen molar-refractivity contribution >= 4 is 34.2 Å². The third-order valence-corrected chi connectivity index (χ3v) is 6.23. The molecule has 5 rings (SSSR count). The van der Waals surface area contributed by atoms with Crippen LogP contribution in [-0.2, 0) is 0 Å². The Kier molecular flexibility index (Phi) is 5.50. The molecule has 0 radical (unpaired) electrons. The van der Waals surface area contributed by atoms with Gasteiger partial charge in [-0.2, -0.15) is 5.10 Å². The molecule has 1 fully saturated rings. The Hall–Kier alpha value is -3.81. The van der Waals surface area contributed by atoms with Crippen molar-refractivity contribution in [3.05, 3.63) is 59.1 Å². The van der Waals surface area contributed by atoms with E-state index < -0.39 is 5.83 Å². The summed E-state index contributed by atoms with van der Waals surface area (Å²) in [6.45, 7) is 9.73. The van der Waals surface area contributed by atoms with Gasteiger partial charge in [0.15, 0.2) is 5.82 Å². The zero-order chi connectivity index (χ0) is 22.9. The number of anilines is 1. The number of fused-ring (bicyclic) bond motifs is 1. The molecule has 7 nitrogen and oxygen atoms in total. The maximum atomic E-state index is 15.9. The number of piperidine rings is 1. The van der Waals surface area contributed by atoms with E-state index in [9.17, 15) is 0 Å². The first-order valence-corrected chi connectivity index (χ1v) is 11.2. The van der Waals surface area contributed by atoms with Crippen molar-refractivity contribution in [2.24, 2.45) is 0 Å². The number of allylic oxidation sites excluding steroid dienone is 1. The van der Waals surface area contributed by atoms with Gasteiger partial charge in [0.2, 0.25) is 0 Å². The average molecular weight is 444 g/mol. The molecule has 0 bridgehead atoms. The number of pyridine rings is 2. The minimum Gasteiger partial charge on any atom is -0.368 e. The van der Waals surface area contributed by atoms with Gasteiger partial charge in [-0.3, -0.25) is 15.1 Å². The molecule has 0 aromatic carbocycles. The van der Waals surface area contributed by atoms with Gasteiger partial charge in [-0.25, -0.2) is 9.37 Å². The van der Waals surface area contributed by atoms with Gasteiger partial charge in [0.05, 0.1) is 34.2 Å². The molecule has 1 aliphatic rings. The second-order valence-electron chi connectivity index (χ2n) is 8.32. The van der Waals surface area contributed by atoms with Gasteiger partial charge in [0.1, 0.15) is 17.0 Å². The number of nitrogens with zero attached hydrogens (tertiary/aromatic N) is 5. The molecule has 0 saturated carbocycles. The van der Waals surface area contributed by atoms with Crippen molar-refractivity contribution in [1.82, 2.24) is 30.1 Å². The standard InChI is InChI=1S/C25H26FN7/c1-4-18-21(22(26)16(3)17-12-27-9-8-15(17)2)24(32-31-18)25-29-19-13-28-14-20(23(19)30-25)33-10-6-5-7-11-33/h4,8-9,12-14,31H,3,5-7,10-11H2,1-2H3,(H,29,30)/b18-4+,22-21-. The van der Waals surface area contributed by atoms with Crippen molar-refractivity contribution in [3.63, 3.8) is 0 Å². The summed E-state index contributed by atoms with van der Waals surface area (Å²) in [5, 5.41) is 8.25. The monoisotopic (exact) mass is 443 g/mol. The minimum absolute atomic E-state index is 0.262. The van der Waals surface area contributed by atoms with Gasteiger partial charge >= 0.3 is 0 Å². The fourth-order valence-electron chi connectivity index (χ4n) is 4.40. The molecular formula is C25H26FN7. The number of aryl methyl sites for hydroxylation is 1. The van der Waals surface area contributed by atoms with Crippen molar-refractivity contribution in [2.45, 2.75) is 33.1 Å². The predicted molar refractivity (Wildman–Crippen MR) is 129 cm³/mol. The quantitative estimate of drug-likeness (QED) is 0.503. The van der Waals surface area contributed by atoms with E-state index >= 15 is 4.39 Å². The van der Waals surface area contributed by atoms with E-state index in [0.29, 0.717) is 27.6 Å². The molecule has 0 unspecified atom stereocenters. The maximum Gasteiger partial charge on any atom is 0.159 e. The Morgan fingerprint density at radius 2 is 1.97 bits per heavy atom. The van der Waals surface area contributed by atoms with Gasteiger partial charge in [0.25, 0.3) is 0 Å². The zero-order valence-electron chi connectivity index (χ0n) is 18.8. The van der Waals surface area contributed by atoms with Crippen LogP contribution in [0.4, 0.5) is 10.1 Å². The Bertz CT molecular complexity index is 1460. The second kappa shape index (κ2) is 8.61. The average Bonchev–Trinajstić information content (AvgIpc) is 3.48. The molecule has 0 amide bonds. The second-order valence-corrected chi connectivity index (χ2v) is 8.32. The summed E-state index contributed by atoms with van der Waals surface area (Å²) in [5.41, 5.74) is 4.84. The number of H-pyrrole nitrogens is 2. The largest absolute Gasteiger partial charge is 0.368 e. The predicted octanol–water partition coefficient (Wildman–Crippen LogP) is 3.63. The van der Waals surface area contributed by atoms with Crippen LogP contribution in [0.15, 0.2) is 37.4 Å². The third-order valence-electron chi connectivity index (χ3n) is 6.23. The molecule has 2 N–H and O–H groups in total. The smallest absolute Gasteiger partial charge is 0.159 e. The minimum atomic E-state index is -0.460. The lowest BCUT2D eigenvalue weighted by molar-refractivity contribution is 0.578. The highest BCUT2D eigenvalue weighted by atomic mass is 19.1. The van der Waals surface area contributed by atoms with Crippen LogP contribution in [0.1, 0.15) is 37.3 Å². The van der Waals surface area contributed by atoms with E-state index in [-0.39, 0.29) is 5.57 Å². The highest BCUT2D eigenvalue weighted by Crippen LogP contribution is 2.29. The van der Waals surface area contributed by atoms with E-state index in [1.54, 1.807) is 24.7 Å². The number of aromatic amines is 2. The van der Waals surface area contributed by atoms with E-state index in [2.05, 4.69) is 36.6 Å². The number of rotatable bonds is 4. The molecular weight excluding hydrogens is 417 g/mol. The Morgan fingerprint density at radius 1 is 1.15 bits per heavy atom. The van der Waals surface area contributed by atoms with Crippen molar-refractivity contribution < 1.29 is 4.39 Å². The number of imidazole rings is 1. The van der Waals surface area contributed by atoms with E-state index in [0.717, 1.165) is 48.2 Å². The molecule has 33 heavy (non-hydrogen) atoms. The summed E-state index contributed by atoms with van der Waals surface area (Å²) in [6, 6.07) is 1.84. The van der Waals surface area contributed by atoms with Crippen LogP contribution < -0.4 is 15.5 Å². The SMILES string of the molecule is C=C(/C(F)=c1/c(-c2nc3c(N4CCCCC4)cncc3[nH]2)n[nH]/c1=C/C)c1cnccc1C. The lowest BCUT2D eigenvalue weighted by atomic mass is 10.0. The molecule has 4 aromatic rings. The molecule has 0 spiro atoms. The summed E-state index contributed by atoms with van der Waals surface area (Å²) >= 11 is 0. The summed E-state index contributed by atoms with van der Waals surface area (Å²) in [4.78, 5) is 19.0. The summed E-state index contributed by atoms with van der Waals surface area (Å²) < 4.78 is 15.9. The first kappa shape index (κ1) is 21.1. The van der Waals surface area contributed by atoms with Gasteiger partial charge < -0.3 is 9.88 Å². The van der Waals surface area contributed by atoms with Crippen LogP contribution >= 0.6 is 0 Å². The van der Waals surface area contributed by atoms with Crippen LogP contribution in [-0.4, -0.2) is 43.2 Å². The zero-order valence-corrected chi connectivity index (χ0v) is 18.8.